The molecule has 4 aromatic rings. The number of tetrazole rings is 1. The number of amides is 2. The number of halogens is 1. The summed E-state index contributed by atoms with van der Waals surface area (Å²) in [6.45, 7) is -0.0143. The Balaban J connectivity index is 1.43. The lowest BCUT2D eigenvalue weighted by Crippen LogP contribution is -2.46. The van der Waals surface area contributed by atoms with Gasteiger partial charge in [0.05, 0.1) is 13.7 Å². The van der Waals surface area contributed by atoms with Crippen molar-refractivity contribution < 1.29 is 18.7 Å². The van der Waals surface area contributed by atoms with Gasteiger partial charge in [-0.15, -0.1) is 21.5 Å². The number of aromatic nitrogens is 4. The predicted molar refractivity (Wildman–Crippen MR) is 144 cm³/mol. The Morgan fingerprint density at radius 1 is 1.13 bits per heavy atom. The van der Waals surface area contributed by atoms with E-state index >= 15 is 0 Å². The zero-order chi connectivity index (χ0) is 27.2. The summed E-state index contributed by atoms with van der Waals surface area (Å²) in [5.41, 5.74) is 1.26. The SMILES string of the molecule is COc1ccc(-c2nnn(CC(=O)N(Cc3cccs3)[C@H](C(=O)NC3CCCC3)c3ccc(F)cc3)n2)cc1. The molecule has 1 N–H and O–H groups in total. The van der Waals surface area contributed by atoms with Crippen LogP contribution in [0.1, 0.15) is 42.2 Å². The molecule has 1 aliphatic carbocycles. The molecule has 11 heteroatoms. The van der Waals surface area contributed by atoms with Crippen LogP contribution >= 0.6 is 11.3 Å². The number of thiophene rings is 1. The number of carbonyl (C=O) groups is 2. The Morgan fingerprint density at radius 3 is 2.54 bits per heavy atom. The number of ether oxygens (including phenoxy) is 1. The van der Waals surface area contributed by atoms with E-state index in [4.69, 9.17) is 4.74 Å². The topological polar surface area (TPSA) is 102 Å². The number of rotatable bonds is 10. The van der Waals surface area contributed by atoms with Crippen molar-refractivity contribution in [2.45, 2.75) is 50.9 Å². The predicted octanol–water partition coefficient (Wildman–Crippen LogP) is 4.38. The smallest absolute Gasteiger partial charge is 0.247 e. The second-order valence-corrected chi connectivity index (χ2v) is 10.4. The monoisotopic (exact) mass is 548 g/mol. The zero-order valence-corrected chi connectivity index (χ0v) is 22.3. The van der Waals surface area contributed by atoms with E-state index in [1.165, 1.54) is 33.2 Å². The highest BCUT2D eigenvalue weighted by Crippen LogP contribution is 2.28. The molecule has 9 nitrogen and oxygen atoms in total. The van der Waals surface area contributed by atoms with Gasteiger partial charge in [-0.3, -0.25) is 9.59 Å². The number of carbonyl (C=O) groups excluding carboxylic acids is 2. The van der Waals surface area contributed by atoms with Crippen LogP contribution in [0.15, 0.2) is 66.0 Å². The Morgan fingerprint density at radius 2 is 1.87 bits per heavy atom. The van der Waals surface area contributed by atoms with Gasteiger partial charge in [-0.1, -0.05) is 31.0 Å². The van der Waals surface area contributed by atoms with Crippen LogP contribution in [0.5, 0.6) is 5.75 Å². The van der Waals surface area contributed by atoms with Crippen LogP contribution in [0.2, 0.25) is 0 Å². The molecule has 1 aliphatic rings. The van der Waals surface area contributed by atoms with Crippen molar-refractivity contribution in [3.8, 4) is 17.1 Å². The van der Waals surface area contributed by atoms with Gasteiger partial charge in [-0.2, -0.15) is 4.80 Å². The molecule has 5 rings (SSSR count). The molecule has 1 saturated carbocycles. The van der Waals surface area contributed by atoms with Crippen LogP contribution in [-0.2, 0) is 22.7 Å². The number of methoxy groups -OCH3 is 1. The van der Waals surface area contributed by atoms with Crippen LogP contribution in [-0.4, -0.2) is 50.1 Å². The average Bonchev–Trinajstić information content (AvgIpc) is 3.73. The highest BCUT2D eigenvalue weighted by atomic mass is 32.1. The van der Waals surface area contributed by atoms with Crippen molar-refractivity contribution in [3.05, 3.63) is 82.3 Å². The first-order valence-electron chi connectivity index (χ1n) is 12.8. The number of hydrogen-bond acceptors (Lipinski definition) is 7. The van der Waals surface area contributed by atoms with Gasteiger partial charge in [0.2, 0.25) is 17.6 Å². The Kier molecular flexibility index (Phi) is 8.26. The summed E-state index contributed by atoms with van der Waals surface area (Å²) in [7, 11) is 1.59. The molecule has 1 fully saturated rings. The number of hydrogen-bond donors (Lipinski definition) is 1. The van der Waals surface area contributed by atoms with Crippen molar-refractivity contribution >= 4 is 23.2 Å². The van der Waals surface area contributed by atoms with Gasteiger partial charge in [0.1, 0.15) is 24.2 Å². The quantitative estimate of drug-likeness (QED) is 0.316. The zero-order valence-electron chi connectivity index (χ0n) is 21.5. The maximum absolute atomic E-state index is 13.8. The van der Waals surface area contributed by atoms with Gasteiger partial charge >= 0.3 is 0 Å². The summed E-state index contributed by atoms with van der Waals surface area (Å²) >= 11 is 1.49. The molecule has 2 aromatic carbocycles. The molecule has 0 bridgehead atoms. The first kappa shape index (κ1) is 26.5. The fourth-order valence-corrected chi connectivity index (χ4v) is 5.44. The normalized spacial score (nSPS) is 14.2. The molecule has 2 heterocycles. The second-order valence-electron chi connectivity index (χ2n) is 9.42. The minimum Gasteiger partial charge on any atom is -0.497 e. The lowest BCUT2D eigenvalue weighted by Gasteiger charge is -2.32. The summed E-state index contributed by atoms with van der Waals surface area (Å²) in [5, 5.41) is 17.6. The molecule has 1 atom stereocenters. The van der Waals surface area contributed by atoms with Gasteiger partial charge in [-0.05, 0) is 71.5 Å². The number of benzene rings is 2. The van der Waals surface area contributed by atoms with Crippen molar-refractivity contribution in [2.75, 3.05) is 7.11 Å². The molecular weight excluding hydrogens is 519 g/mol. The number of nitrogens with one attached hydrogen (secondary N) is 1. The van der Waals surface area contributed by atoms with Crippen molar-refractivity contribution in [1.82, 2.24) is 30.4 Å². The molecule has 0 unspecified atom stereocenters. The fourth-order valence-electron chi connectivity index (χ4n) is 4.74. The molecule has 2 amide bonds. The van der Waals surface area contributed by atoms with E-state index in [-0.39, 0.29) is 30.9 Å². The molecule has 39 heavy (non-hydrogen) atoms. The van der Waals surface area contributed by atoms with Gasteiger partial charge in [0.15, 0.2) is 0 Å². The highest BCUT2D eigenvalue weighted by molar-refractivity contribution is 7.09. The minimum absolute atomic E-state index is 0.0585. The summed E-state index contributed by atoms with van der Waals surface area (Å²) in [4.78, 5) is 31.2. The van der Waals surface area contributed by atoms with Gasteiger partial charge in [-0.25, -0.2) is 4.39 Å². The van der Waals surface area contributed by atoms with E-state index < -0.39 is 11.9 Å². The van der Waals surface area contributed by atoms with Crippen LogP contribution in [0.3, 0.4) is 0 Å². The maximum Gasteiger partial charge on any atom is 0.247 e. The lowest BCUT2D eigenvalue weighted by atomic mass is 10.0. The first-order chi connectivity index (χ1) is 19.0. The Hall–Kier alpha value is -4.12. The van der Waals surface area contributed by atoms with Gasteiger partial charge < -0.3 is 15.0 Å². The van der Waals surface area contributed by atoms with Crippen LogP contribution in [0.4, 0.5) is 4.39 Å². The van der Waals surface area contributed by atoms with E-state index in [0.29, 0.717) is 17.1 Å². The summed E-state index contributed by atoms with van der Waals surface area (Å²) in [6.07, 6.45) is 3.91. The summed E-state index contributed by atoms with van der Waals surface area (Å²) in [6, 6.07) is 15.8. The molecule has 202 valence electrons. The third-order valence-electron chi connectivity index (χ3n) is 6.75. The van der Waals surface area contributed by atoms with Crippen molar-refractivity contribution in [1.29, 1.82) is 0 Å². The average molecular weight is 549 g/mol. The van der Waals surface area contributed by atoms with E-state index in [9.17, 15) is 14.0 Å². The fraction of sp³-hybridized carbons (Fsp3) is 0.321. The molecule has 0 saturated heterocycles. The number of nitrogens with zero attached hydrogens (tertiary/aromatic N) is 5. The Labute approximate surface area is 229 Å². The summed E-state index contributed by atoms with van der Waals surface area (Å²) < 4.78 is 19.0. The lowest BCUT2D eigenvalue weighted by molar-refractivity contribution is -0.142. The standard InChI is InChI=1S/C28H29FN6O3S/c1-38-23-14-10-20(11-15-23)27-31-33-35(32-27)18-25(36)34(17-24-7-4-16-39-24)26(19-8-12-21(29)13-9-19)28(37)30-22-5-2-3-6-22/h4,7-16,22,26H,2-3,5-6,17-18H2,1H3,(H,30,37)/t26-/m0/s1. The van der Waals surface area contributed by atoms with E-state index in [1.54, 1.807) is 31.4 Å². The largest absolute Gasteiger partial charge is 0.497 e. The maximum atomic E-state index is 13.8. The summed E-state index contributed by atoms with van der Waals surface area (Å²) in [5.74, 6) is 0.00199. The van der Waals surface area contributed by atoms with Crippen LogP contribution in [0.25, 0.3) is 11.4 Å². The van der Waals surface area contributed by atoms with Crippen molar-refractivity contribution in [2.24, 2.45) is 0 Å². The van der Waals surface area contributed by atoms with E-state index in [0.717, 1.165) is 36.1 Å². The molecule has 2 aromatic heterocycles. The Bertz CT molecular complexity index is 1390. The van der Waals surface area contributed by atoms with Gasteiger partial charge in [0, 0.05) is 16.5 Å². The van der Waals surface area contributed by atoms with Crippen LogP contribution < -0.4 is 10.1 Å². The molecular formula is C28H29FN6O3S. The van der Waals surface area contributed by atoms with E-state index in [1.807, 2.05) is 29.6 Å². The second kappa shape index (κ2) is 12.2. The molecule has 0 spiro atoms. The first-order valence-corrected chi connectivity index (χ1v) is 13.7. The third-order valence-corrected chi connectivity index (χ3v) is 7.61. The highest BCUT2D eigenvalue weighted by Gasteiger charge is 2.34. The van der Waals surface area contributed by atoms with Gasteiger partial charge in [0.25, 0.3) is 0 Å². The third kappa shape index (κ3) is 6.48. The van der Waals surface area contributed by atoms with Crippen LogP contribution in [0, 0.1) is 5.82 Å². The van der Waals surface area contributed by atoms with Crippen molar-refractivity contribution in [3.63, 3.8) is 0 Å². The minimum atomic E-state index is -0.953. The molecule has 0 radical (unpaired) electrons. The van der Waals surface area contributed by atoms with E-state index in [2.05, 4.69) is 20.7 Å². The molecule has 0 aliphatic heterocycles.